The number of amides is 1. The third-order valence-corrected chi connectivity index (χ3v) is 5.42. The Morgan fingerprint density at radius 2 is 2.04 bits per heavy atom. The molecule has 1 unspecified atom stereocenters. The van der Waals surface area contributed by atoms with Crippen LogP contribution in [0.4, 0.5) is 18.3 Å². The van der Waals surface area contributed by atoms with Gasteiger partial charge in [0.15, 0.2) is 10.9 Å². The summed E-state index contributed by atoms with van der Waals surface area (Å²) in [6.45, 7) is 0.753. The second-order valence-electron chi connectivity index (χ2n) is 6.26. The van der Waals surface area contributed by atoms with E-state index >= 15 is 0 Å². The van der Waals surface area contributed by atoms with Gasteiger partial charge in [-0.05, 0) is 31.0 Å². The molecular weight excluding hydrogens is 377 g/mol. The highest BCUT2D eigenvalue weighted by Gasteiger charge is 2.28. The number of halogens is 3. The molecule has 1 atom stereocenters. The summed E-state index contributed by atoms with van der Waals surface area (Å²) in [4.78, 5) is 18.5. The first-order valence-electron chi connectivity index (χ1n) is 8.46. The summed E-state index contributed by atoms with van der Waals surface area (Å²) < 4.78 is 47.6. The maximum atomic E-state index is 14.1. The Bertz CT molecular complexity index is 1000. The molecule has 8 heteroatoms. The van der Waals surface area contributed by atoms with Crippen molar-refractivity contribution in [2.75, 3.05) is 18.1 Å². The number of hydrogen-bond donors (Lipinski definition) is 0. The molecule has 1 amide bonds. The topological polar surface area (TPSA) is 42.4 Å². The fraction of sp³-hybridized carbons (Fsp3) is 0.263. The van der Waals surface area contributed by atoms with Crippen molar-refractivity contribution >= 4 is 32.6 Å². The van der Waals surface area contributed by atoms with Gasteiger partial charge in [-0.1, -0.05) is 23.5 Å². The molecule has 2 aromatic carbocycles. The lowest BCUT2D eigenvalue weighted by molar-refractivity contribution is 0.0914. The Hall–Kier alpha value is -2.45. The van der Waals surface area contributed by atoms with Gasteiger partial charge < -0.3 is 4.74 Å². The number of aromatic nitrogens is 1. The van der Waals surface area contributed by atoms with E-state index in [1.807, 2.05) is 0 Å². The lowest BCUT2D eigenvalue weighted by atomic mass is 10.1. The van der Waals surface area contributed by atoms with Gasteiger partial charge in [0.25, 0.3) is 5.91 Å². The van der Waals surface area contributed by atoms with E-state index in [-0.39, 0.29) is 33.6 Å². The number of hydrogen-bond acceptors (Lipinski definition) is 4. The number of ether oxygens (including phenoxy) is 1. The fourth-order valence-corrected chi connectivity index (χ4v) is 4.09. The minimum Gasteiger partial charge on any atom is -0.376 e. The highest BCUT2D eigenvalue weighted by Crippen LogP contribution is 2.33. The van der Waals surface area contributed by atoms with E-state index in [1.54, 1.807) is 6.07 Å². The molecule has 0 bridgehead atoms. The highest BCUT2D eigenvalue weighted by atomic mass is 32.1. The SMILES string of the molecule is O=C(c1ccccc1F)N(CC1CCCO1)c1nc2c(F)cc(F)cc2s1. The molecule has 27 heavy (non-hydrogen) atoms. The second kappa shape index (κ2) is 7.28. The summed E-state index contributed by atoms with van der Waals surface area (Å²) >= 11 is 0.982. The molecule has 1 fully saturated rings. The standard InChI is InChI=1S/C19H15F3N2O2S/c20-11-8-15(22)17-16(9-11)27-19(23-17)24(10-12-4-3-7-26-12)18(25)13-5-1-2-6-14(13)21/h1-2,5-6,8-9,12H,3-4,7,10H2. The van der Waals surface area contributed by atoms with Gasteiger partial charge in [0.1, 0.15) is 17.2 Å². The van der Waals surface area contributed by atoms with Crippen LogP contribution in [-0.2, 0) is 4.74 Å². The van der Waals surface area contributed by atoms with Crippen molar-refractivity contribution in [3.05, 3.63) is 59.4 Å². The van der Waals surface area contributed by atoms with Crippen LogP contribution < -0.4 is 4.90 Å². The fourth-order valence-electron chi connectivity index (χ4n) is 3.08. The minimum atomic E-state index is -0.803. The zero-order valence-electron chi connectivity index (χ0n) is 14.1. The Balaban J connectivity index is 1.76. The highest BCUT2D eigenvalue weighted by molar-refractivity contribution is 7.22. The Kier molecular flexibility index (Phi) is 4.84. The molecule has 1 aliphatic rings. The number of nitrogens with zero attached hydrogens (tertiary/aromatic N) is 2. The van der Waals surface area contributed by atoms with Gasteiger partial charge in [-0.3, -0.25) is 9.69 Å². The van der Waals surface area contributed by atoms with Crippen LogP contribution in [0.25, 0.3) is 10.2 Å². The number of benzene rings is 2. The maximum Gasteiger partial charge on any atom is 0.263 e. The van der Waals surface area contributed by atoms with Gasteiger partial charge in [-0.25, -0.2) is 18.2 Å². The van der Waals surface area contributed by atoms with Gasteiger partial charge in [0, 0.05) is 12.7 Å². The monoisotopic (exact) mass is 392 g/mol. The first-order chi connectivity index (χ1) is 13.0. The first-order valence-corrected chi connectivity index (χ1v) is 9.28. The zero-order valence-corrected chi connectivity index (χ0v) is 14.9. The smallest absolute Gasteiger partial charge is 0.263 e. The minimum absolute atomic E-state index is 0.0185. The molecule has 0 saturated carbocycles. The molecule has 4 rings (SSSR count). The summed E-state index contributed by atoms with van der Waals surface area (Å²) in [7, 11) is 0. The van der Waals surface area contributed by atoms with Crippen molar-refractivity contribution in [3.8, 4) is 0 Å². The van der Waals surface area contributed by atoms with Crippen molar-refractivity contribution < 1.29 is 22.7 Å². The van der Waals surface area contributed by atoms with Crippen LogP contribution in [0, 0.1) is 17.5 Å². The lowest BCUT2D eigenvalue weighted by Crippen LogP contribution is -2.37. The van der Waals surface area contributed by atoms with Crippen LogP contribution in [-0.4, -0.2) is 30.1 Å². The van der Waals surface area contributed by atoms with Crippen LogP contribution in [0.3, 0.4) is 0 Å². The van der Waals surface area contributed by atoms with E-state index in [9.17, 15) is 18.0 Å². The average molecular weight is 392 g/mol. The molecule has 1 aromatic heterocycles. The molecule has 0 radical (unpaired) electrons. The number of carbonyl (C=O) groups excluding carboxylic acids is 1. The van der Waals surface area contributed by atoms with E-state index in [0.29, 0.717) is 6.61 Å². The summed E-state index contributed by atoms with van der Waals surface area (Å²) in [6.07, 6.45) is 1.41. The average Bonchev–Trinajstić information content (AvgIpc) is 3.29. The molecule has 0 N–H and O–H groups in total. The van der Waals surface area contributed by atoms with Crippen LogP contribution in [0.2, 0.25) is 0 Å². The van der Waals surface area contributed by atoms with E-state index in [2.05, 4.69) is 4.98 Å². The molecule has 2 heterocycles. The Labute approximate surface area is 157 Å². The molecule has 1 saturated heterocycles. The molecule has 0 spiro atoms. The van der Waals surface area contributed by atoms with Crippen molar-refractivity contribution in [2.45, 2.75) is 18.9 Å². The second-order valence-corrected chi connectivity index (χ2v) is 7.27. The third-order valence-electron chi connectivity index (χ3n) is 4.39. The van der Waals surface area contributed by atoms with Crippen LogP contribution in [0.1, 0.15) is 23.2 Å². The van der Waals surface area contributed by atoms with E-state index in [4.69, 9.17) is 4.74 Å². The zero-order chi connectivity index (χ0) is 19.0. The van der Waals surface area contributed by atoms with Crippen LogP contribution in [0.5, 0.6) is 0 Å². The number of rotatable bonds is 4. The number of carbonyl (C=O) groups is 1. The maximum absolute atomic E-state index is 14.1. The molecule has 0 aliphatic carbocycles. The van der Waals surface area contributed by atoms with Gasteiger partial charge in [-0.15, -0.1) is 0 Å². The third kappa shape index (κ3) is 3.54. The quantitative estimate of drug-likeness (QED) is 0.655. The normalized spacial score (nSPS) is 16.8. The molecule has 1 aliphatic heterocycles. The van der Waals surface area contributed by atoms with Crippen molar-refractivity contribution in [3.63, 3.8) is 0 Å². The van der Waals surface area contributed by atoms with Crippen LogP contribution in [0.15, 0.2) is 36.4 Å². The molecule has 3 aromatic rings. The molecule has 140 valence electrons. The molecule has 4 nitrogen and oxygen atoms in total. The Morgan fingerprint density at radius 1 is 1.22 bits per heavy atom. The Morgan fingerprint density at radius 3 is 2.78 bits per heavy atom. The van der Waals surface area contributed by atoms with E-state index in [0.717, 1.165) is 36.3 Å². The summed E-state index contributed by atoms with van der Waals surface area (Å²) in [5.74, 6) is -2.77. The largest absolute Gasteiger partial charge is 0.376 e. The predicted octanol–water partition coefficient (Wildman–Crippen LogP) is 4.54. The van der Waals surface area contributed by atoms with E-state index in [1.165, 1.54) is 23.1 Å². The van der Waals surface area contributed by atoms with Crippen molar-refractivity contribution in [1.29, 1.82) is 0 Å². The summed E-state index contributed by atoms with van der Waals surface area (Å²) in [5, 5.41) is 0.179. The number of anilines is 1. The molecular formula is C19H15F3N2O2S. The summed E-state index contributed by atoms with van der Waals surface area (Å²) in [6, 6.07) is 7.55. The number of fused-ring (bicyclic) bond motifs is 1. The summed E-state index contributed by atoms with van der Waals surface area (Å²) in [5.41, 5.74) is -0.128. The van der Waals surface area contributed by atoms with Crippen LogP contribution >= 0.6 is 11.3 Å². The van der Waals surface area contributed by atoms with Gasteiger partial charge in [-0.2, -0.15) is 0 Å². The van der Waals surface area contributed by atoms with Crippen molar-refractivity contribution in [2.24, 2.45) is 0 Å². The lowest BCUT2D eigenvalue weighted by Gasteiger charge is -2.23. The number of thiazole rings is 1. The van der Waals surface area contributed by atoms with Gasteiger partial charge in [0.05, 0.1) is 22.9 Å². The predicted molar refractivity (Wildman–Crippen MR) is 96.6 cm³/mol. The first kappa shape index (κ1) is 17.9. The van der Waals surface area contributed by atoms with Gasteiger partial charge >= 0.3 is 0 Å². The van der Waals surface area contributed by atoms with Crippen molar-refractivity contribution in [1.82, 2.24) is 4.98 Å². The van der Waals surface area contributed by atoms with Gasteiger partial charge in [0.2, 0.25) is 0 Å². The van der Waals surface area contributed by atoms with E-state index < -0.39 is 23.4 Å².